The summed E-state index contributed by atoms with van der Waals surface area (Å²) in [7, 11) is 0. The molecule has 0 unspecified atom stereocenters. The summed E-state index contributed by atoms with van der Waals surface area (Å²) in [6.45, 7) is 0. The van der Waals surface area contributed by atoms with Crippen LogP contribution in [0.1, 0.15) is 109 Å². The molecule has 0 aromatic rings. The van der Waals surface area contributed by atoms with Crippen LogP contribution >= 0.6 is 0 Å². The minimum absolute atomic E-state index is 1.01. The fourth-order valence-electron chi connectivity index (χ4n) is 11.3. The molecule has 0 amide bonds. The zero-order chi connectivity index (χ0) is 17.6. The van der Waals surface area contributed by atoms with E-state index in [0.29, 0.717) is 0 Å². The Bertz CT molecular complexity index is 485. The van der Waals surface area contributed by atoms with Gasteiger partial charge in [-0.2, -0.15) is 0 Å². The molecule has 9 rings (SSSR count). The van der Waals surface area contributed by atoms with Crippen molar-refractivity contribution in [2.24, 2.45) is 35.5 Å². The molecular weight excluding hydrogens is 434 g/mol. The van der Waals surface area contributed by atoms with Crippen LogP contribution in [-0.2, 0) is 0 Å². The molecule has 0 heterocycles. The van der Waals surface area contributed by atoms with Gasteiger partial charge in [-0.05, 0) is 0 Å². The molecule has 8 bridgehead atoms. The molecule has 9 aliphatic rings. The van der Waals surface area contributed by atoms with E-state index in [2.05, 4.69) is 0 Å². The second-order valence-electron chi connectivity index (χ2n) is 12.9. The van der Waals surface area contributed by atoms with Crippen LogP contribution in [0.3, 0.4) is 0 Å². The Morgan fingerprint density at radius 1 is 0.444 bits per heavy atom. The van der Waals surface area contributed by atoms with Gasteiger partial charge < -0.3 is 0 Å². The van der Waals surface area contributed by atoms with Crippen molar-refractivity contribution < 1.29 is 0 Å². The number of hydrogen-bond donors (Lipinski definition) is 0. The zero-order valence-electron chi connectivity index (χ0n) is 17.5. The quantitative estimate of drug-likeness (QED) is 0.366. The van der Waals surface area contributed by atoms with Crippen LogP contribution in [0.25, 0.3) is 0 Å². The van der Waals surface area contributed by atoms with E-state index in [4.69, 9.17) is 0 Å². The molecule has 1 heteroatoms. The van der Waals surface area contributed by atoms with Gasteiger partial charge in [0.15, 0.2) is 0 Å². The summed E-state index contributed by atoms with van der Waals surface area (Å²) < 4.78 is 3.32. The van der Waals surface area contributed by atoms with Gasteiger partial charge in [0.2, 0.25) is 0 Å². The van der Waals surface area contributed by atoms with Gasteiger partial charge in [-0.3, -0.25) is 0 Å². The zero-order valence-corrected chi connectivity index (χ0v) is 20.1. The summed E-state index contributed by atoms with van der Waals surface area (Å²) >= 11 is -1.35. The SMILES string of the molecule is C1CC[CH]([Sb]([C]23CC4CC(CC(C4)C2)C3)[C]23CC4CC(CC(C4)C2)C3)CC1. The maximum absolute atomic E-state index is 1.76. The Hall–Kier alpha value is 0.818. The van der Waals surface area contributed by atoms with Crippen LogP contribution < -0.4 is 0 Å². The Kier molecular flexibility index (Phi) is 4.00. The molecule has 9 saturated carbocycles. The van der Waals surface area contributed by atoms with Gasteiger partial charge in [0.05, 0.1) is 0 Å². The Morgan fingerprint density at radius 3 is 1.11 bits per heavy atom. The first-order valence-electron chi connectivity index (χ1n) is 13.0. The van der Waals surface area contributed by atoms with Crippen molar-refractivity contribution in [1.29, 1.82) is 0 Å². The molecule has 27 heavy (non-hydrogen) atoms. The van der Waals surface area contributed by atoms with Crippen molar-refractivity contribution in [2.75, 3.05) is 0 Å². The first-order chi connectivity index (χ1) is 13.2. The molecule has 0 radical (unpaired) electrons. The molecule has 0 N–H and O–H groups in total. The third-order valence-electron chi connectivity index (χ3n) is 11.0. The van der Waals surface area contributed by atoms with Crippen molar-refractivity contribution in [3.63, 3.8) is 0 Å². The van der Waals surface area contributed by atoms with Crippen LogP contribution in [0, 0.1) is 35.5 Å². The topological polar surface area (TPSA) is 0 Å². The van der Waals surface area contributed by atoms with Crippen molar-refractivity contribution in [3.05, 3.63) is 0 Å². The Labute approximate surface area is 175 Å². The normalized spacial score (nSPS) is 56.3. The fourth-order valence-corrected chi connectivity index (χ4v) is 28.9. The van der Waals surface area contributed by atoms with E-state index in [1.165, 1.54) is 39.4 Å². The number of hydrogen-bond acceptors (Lipinski definition) is 0. The third kappa shape index (κ3) is 2.66. The van der Waals surface area contributed by atoms with Crippen LogP contribution in [0.4, 0.5) is 0 Å². The molecule has 0 nitrogen and oxygen atoms in total. The monoisotopic (exact) mass is 474 g/mol. The molecule has 9 aliphatic carbocycles. The van der Waals surface area contributed by atoms with Crippen LogP contribution in [0.15, 0.2) is 0 Å². The molecule has 0 aromatic carbocycles. The summed E-state index contributed by atoms with van der Waals surface area (Å²) in [6.07, 6.45) is 28.8. The summed E-state index contributed by atoms with van der Waals surface area (Å²) in [4.78, 5) is 0. The first kappa shape index (κ1) is 17.5. The molecule has 0 atom stereocenters. The average molecular weight is 475 g/mol. The van der Waals surface area contributed by atoms with Crippen molar-refractivity contribution in [3.8, 4) is 0 Å². The Morgan fingerprint density at radius 2 is 0.778 bits per heavy atom. The van der Waals surface area contributed by atoms with Gasteiger partial charge in [0, 0.05) is 0 Å². The average Bonchev–Trinajstić information content (AvgIpc) is 2.60. The molecule has 0 aromatic heterocycles. The van der Waals surface area contributed by atoms with Crippen LogP contribution in [-0.4, -0.2) is 20.2 Å². The van der Waals surface area contributed by atoms with Crippen molar-refractivity contribution in [1.82, 2.24) is 0 Å². The van der Waals surface area contributed by atoms with Crippen LogP contribution in [0.2, 0.25) is 10.6 Å². The molecule has 0 aliphatic heterocycles. The summed E-state index contributed by atoms with van der Waals surface area (Å²) in [5.74, 6) is 7.17. The summed E-state index contributed by atoms with van der Waals surface area (Å²) in [5, 5.41) is 0. The fraction of sp³-hybridized carbons (Fsp3) is 1.00. The molecule has 150 valence electrons. The third-order valence-corrected chi connectivity index (χ3v) is 23.5. The van der Waals surface area contributed by atoms with Crippen molar-refractivity contribution in [2.45, 2.75) is 120 Å². The second kappa shape index (κ2) is 6.17. The van der Waals surface area contributed by atoms with E-state index >= 15 is 0 Å². The van der Waals surface area contributed by atoms with E-state index in [-0.39, 0.29) is 0 Å². The van der Waals surface area contributed by atoms with Gasteiger partial charge >= 0.3 is 175 Å². The standard InChI is InChI=1S/2C10H15.C6H11.Sb/c2*1-7-2-9-4-8(1)5-10(3-7)6-9;1-2-4-6-5-3-1;/h2*7-9H,1-6H2;1H,2-6H2;. The van der Waals surface area contributed by atoms with Crippen LogP contribution in [0.5, 0.6) is 0 Å². The van der Waals surface area contributed by atoms with Crippen molar-refractivity contribution >= 4 is 20.2 Å². The summed E-state index contributed by atoms with van der Waals surface area (Å²) in [6, 6.07) is 0. The van der Waals surface area contributed by atoms with Gasteiger partial charge in [-0.15, -0.1) is 0 Å². The molecule has 0 spiro atoms. The van der Waals surface area contributed by atoms with Gasteiger partial charge in [-0.25, -0.2) is 0 Å². The van der Waals surface area contributed by atoms with Gasteiger partial charge in [-0.1, -0.05) is 0 Å². The summed E-state index contributed by atoms with van der Waals surface area (Å²) in [5.41, 5.74) is 0. The van der Waals surface area contributed by atoms with E-state index in [0.717, 1.165) is 6.72 Å². The van der Waals surface area contributed by atoms with Gasteiger partial charge in [0.25, 0.3) is 0 Å². The Balaban J connectivity index is 1.31. The predicted octanol–water partition coefficient (Wildman–Crippen LogP) is 7.76. The van der Waals surface area contributed by atoms with E-state index < -0.39 is 20.2 Å². The minimum atomic E-state index is -1.35. The number of rotatable bonds is 3. The van der Waals surface area contributed by atoms with E-state index in [9.17, 15) is 0 Å². The first-order valence-corrected chi connectivity index (χ1v) is 17.0. The van der Waals surface area contributed by atoms with E-state index in [1.54, 1.807) is 109 Å². The van der Waals surface area contributed by atoms with E-state index in [1.807, 2.05) is 0 Å². The maximum atomic E-state index is 1.76. The molecular formula is C26H41Sb. The molecule has 9 fully saturated rings. The van der Waals surface area contributed by atoms with Gasteiger partial charge in [0.1, 0.15) is 0 Å². The predicted molar refractivity (Wildman–Crippen MR) is 114 cm³/mol. The second-order valence-corrected chi connectivity index (χ2v) is 22.6. The molecule has 0 saturated heterocycles.